The van der Waals surface area contributed by atoms with Gasteiger partial charge in [-0.2, -0.15) is 0 Å². The fourth-order valence-electron chi connectivity index (χ4n) is 1.32. The second kappa shape index (κ2) is 3.64. The molecule has 0 bridgehead atoms. The normalized spacial score (nSPS) is 18.3. The maximum absolute atomic E-state index is 5.60. The number of likely N-dealkylation sites (N-methyl/N-ethyl adjacent to an activating group) is 1. The SMILES string of the molecule is CN1CC(Oc2ccc(Br)cn2)C1. The largest absolute Gasteiger partial charge is 0.472 e. The third kappa shape index (κ3) is 2.19. The van der Waals surface area contributed by atoms with Crippen LogP contribution in [0.3, 0.4) is 0 Å². The maximum atomic E-state index is 5.60. The van der Waals surface area contributed by atoms with Gasteiger partial charge < -0.3 is 4.74 Å². The highest BCUT2D eigenvalue weighted by molar-refractivity contribution is 9.10. The molecular formula is C9H11BrN2O. The van der Waals surface area contributed by atoms with Crippen molar-refractivity contribution in [2.75, 3.05) is 20.1 Å². The van der Waals surface area contributed by atoms with E-state index >= 15 is 0 Å². The van der Waals surface area contributed by atoms with Crippen LogP contribution in [0.4, 0.5) is 0 Å². The molecule has 0 atom stereocenters. The number of ether oxygens (including phenoxy) is 1. The molecule has 2 rings (SSSR count). The number of likely N-dealkylation sites (tertiary alicyclic amines) is 1. The van der Waals surface area contributed by atoms with Gasteiger partial charge in [-0.1, -0.05) is 0 Å². The average Bonchev–Trinajstić information content (AvgIpc) is 2.06. The minimum atomic E-state index is 0.318. The summed E-state index contributed by atoms with van der Waals surface area (Å²) in [5.74, 6) is 0.710. The zero-order valence-corrected chi connectivity index (χ0v) is 8.99. The Kier molecular flexibility index (Phi) is 2.51. The number of pyridine rings is 1. The Bertz CT molecular complexity index is 282. The molecule has 70 valence electrons. The quantitative estimate of drug-likeness (QED) is 0.787. The molecule has 4 heteroatoms. The van der Waals surface area contributed by atoms with Crippen LogP contribution < -0.4 is 4.74 Å². The van der Waals surface area contributed by atoms with Crippen molar-refractivity contribution in [1.82, 2.24) is 9.88 Å². The lowest BCUT2D eigenvalue weighted by Gasteiger charge is -2.35. The standard InChI is InChI=1S/C9H11BrN2O/c1-12-5-8(6-12)13-9-3-2-7(10)4-11-9/h2-4,8H,5-6H2,1H3. The summed E-state index contributed by atoms with van der Waals surface area (Å²) >= 11 is 3.33. The molecule has 0 saturated carbocycles. The van der Waals surface area contributed by atoms with Crippen LogP contribution in [-0.4, -0.2) is 36.1 Å². The minimum Gasteiger partial charge on any atom is -0.472 e. The maximum Gasteiger partial charge on any atom is 0.213 e. The summed E-state index contributed by atoms with van der Waals surface area (Å²) in [7, 11) is 2.08. The third-order valence-electron chi connectivity index (χ3n) is 2.02. The van der Waals surface area contributed by atoms with E-state index in [2.05, 4.69) is 32.9 Å². The Morgan fingerprint density at radius 3 is 2.85 bits per heavy atom. The summed E-state index contributed by atoms with van der Waals surface area (Å²) in [6.07, 6.45) is 2.07. The van der Waals surface area contributed by atoms with Crippen molar-refractivity contribution in [3.63, 3.8) is 0 Å². The molecule has 0 amide bonds. The van der Waals surface area contributed by atoms with Crippen LogP contribution in [0.5, 0.6) is 5.88 Å². The summed E-state index contributed by atoms with van der Waals surface area (Å²) < 4.78 is 6.58. The van der Waals surface area contributed by atoms with Crippen LogP contribution in [0.15, 0.2) is 22.8 Å². The van der Waals surface area contributed by atoms with Gasteiger partial charge >= 0.3 is 0 Å². The van der Waals surface area contributed by atoms with E-state index in [1.165, 1.54) is 0 Å². The van der Waals surface area contributed by atoms with E-state index in [0.717, 1.165) is 17.6 Å². The minimum absolute atomic E-state index is 0.318. The number of rotatable bonds is 2. The fraction of sp³-hybridized carbons (Fsp3) is 0.444. The summed E-state index contributed by atoms with van der Waals surface area (Å²) in [4.78, 5) is 6.35. The first-order valence-corrected chi connectivity index (χ1v) is 5.00. The number of hydrogen-bond donors (Lipinski definition) is 0. The molecule has 0 radical (unpaired) electrons. The summed E-state index contributed by atoms with van der Waals surface area (Å²) in [6, 6.07) is 3.81. The van der Waals surface area contributed by atoms with Crippen LogP contribution in [0.2, 0.25) is 0 Å². The molecule has 0 unspecified atom stereocenters. The number of halogens is 1. The molecule has 1 aliphatic heterocycles. The second-order valence-electron chi connectivity index (χ2n) is 3.28. The predicted octanol–water partition coefficient (Wildman–Crippen LogP) is 1.54. The molecular weight excluding hydrogens is 232 g/mol. The molecule has 3 nitrogen and oxygen atoms in total. The Labute approximate surface area is 85.8 Å². The van der Waals surface area contributed by atoms with Gasteiger partial charge in [-0.25, -0.2) is 4.98 Å². The zero-order chi connectivity index (χ0) is 9.26. The first kappa shape index (κ1) is 8.97. The van der Waals surface area contributed by atoms with E-state index in [1.54, 1.807) is 6.20 Å². The molecule has 1 aliphatic rings. The lowest BCUT2D eigenvalue weighted by atomic mass is 10.2. The lowest BCUT2D eigenvalue weighted by Crippen LogP contribution is -2.51. The van der Waals surface area contributed by atoms with Crippen LogP contribution in [0.1, 0.15) is 0 Å². The smallest absolute Gasteiger partial charge is 0.213 e. The summed E-state index contributed by atoms with van der Waals surface area (Å²) in [5.41, 5.74) is 0. The molecule has 1 saturated heterocycles. The van der Waals surface area contributed by atoms with E-state index in [-0.39, 0.29) is 0 Å². The van der Waals surface area contributed by atoms with Crippen molar-refractivity contribution in [3.05, 3.63) is 22.8 Å². The molecule has 0 spiro atoms. The number of nitrogens with zero attached hydrogens (tertiary/aromatic N) is 2. The Balaban J connectivity index is 1.91. The Morgan fingerprint density at radius 1 is 1.54 bits per heavy atom. The van der Waals surface area contributed by atoms with E-state index < -0.39 is 0 Å². The van der Waals surface area contributed by atoms with Gasteiger partial charge in [0.1, 0.15) is 6.10 Å². The lowest BCUT2D eigenvalue weighted by molar-refractivity contribution is 0.0355. The van der Waals surface area contributed by atoms with Crippen LogP contribution >= 0.6 is 15.9 Å². The van der Waals surface area contributed by atoms with Crippen molar-refractivity contribution >= 4 is 15.9 Å². The van der Waals surface area contributed by atoms with Crippen LogP contribution in [0.25, 0.3) is 0 Å². The number of aromatic nitrogens is 1. The topological polar surface area (TPSA) is 25.4 Å². The monoisotopic (exact) mass is 242 g/mol. The highest BCUT2D eigenvalue weighted by atomic mass is 79.9. The van der Waals surface area contributed by atoms with E-state index in [0.29, 0.717) is 12.0 Å². The van der Waals surface area contributed by atoms with Crippen LogP contribution in [0, 0.1) is 0 Å². The molecule has 1 aromatic rings. The molecule has 1 fully saturated rings. The highest BCUT2D eigenvalue weighted by Gasteiger charge is 2.24. The molecule has 0 aromatic carbocycles. The van der Waals surface area contributed by atoms with Crippen molar-refractivity contribution < 1.29 is 4.74 Å². The van der Waals surface area contributed by atoms with Gasteiger partial charge in [-0.15, -0.1) is 0 Å². The Hall–Kier alpha value is -0.610. The van der Waals surface area contributed by atoms with Crippen LogP contribution in [-0.2, 0) is 0 Å². The van der Waals surface area contributed by atoms with Gasteiger partial charge in [-0.05, 0) is 29.0 Å². The zero-order valence-electron chi connectivity index (χ0n) is 7.40. The first-order chi connectivity index (χ1) is 6.24. The summed E-state index contributed by atoms with van der Waals surface area (Å²) in [6.45, 7) is 2.00. The summed E-state index contributed by atoms with van der Waals surface area (Å²) in [5, 5.41) is 0. The van der Waals surface area contributed by atoms with Crippen molar-refractivity contribution in [2.45, 2.75) is 6.10 Å². The van der Waals surface area contributed by atoms with E-state index in [9.17, 15) is 0 Å². The first-order valence-electron chi connectivity index (χ1n) is 4.21. The molecule has 1 aromatic heterocycles. The van der Waals surface area contributed by atoms with E-state index in [4.69, 9.17) is 4.74 Å². The Morgan fingerprint density at radius 2 is 2.31 bits per heavy atom. The molecule has 13 heavy (non-hydrogen) atoms. The van der Waals surface area contributed by atoms with Gasteiger partial charge in [0.05, 0.1) is 0 Å². The third-order valence-corrected chi connectivity index (χ3v) is 2.49. The molecule has 2 heterocycles. The van der Waals surface area contributed by atoms with Crippen molar-refractivity contribution in [1.29, 1.82) is 0 Å². The number of hydrogen-bond acceptors (Lipinski definition) is 3. The predicted molar refractivity (Wildman–Crippen MR) is 53.9 cm³/mol. The van der Waals surface area contributed by atoms with Crippen molar-refractivity contribution in [3.8, 4) is 5.88 Å². The van der Waals surface area contributed by atoms with Gasteiger partial charge in [0, 0.05) is 29.8 Å². The van der Waals surface area contributed by atoms with Gasteiger partial charge in [-0.3, -0.25) is 4.90 Å². The molecule has 0 N–H and O–H groups in total. The second-order valence-corrected chi connectivity index (χ2v) is 4.19. The van der Waals surface area contributed by atoms with Crippen molar-refractivity contribution in [2.24, 2.45) is 0 Å². The van der Waals surface area contributed by atoms with E-state index in [1.807, 2.05) is 12.1 Å². The van der Waals surface area contributed by atoms with Gasteiger partial charge in [0.2, 0.25) is 5.88 Å². The fourth-order valence-corrected chi connectivity index (χ4v) is 1.55. The molecule has 0 aliphatic carbocycles. The highest BCUT2D eigenvalue weighted by Crippen LogP contribution is 2.16. The average molecular weight is 243 g/mol. The van der Waals surface area contributed by atoms with Gasteiger partial charge in [0.15, 0.2) is 0 Å². The van der Waals surface area contributed by atoms with Gasteiger partial charge in [0.25, 0.3) is 0 Å².